The average Bonchev–Trinajstić information content (AvgIpc) is 2.26. The molecule has 0 saturated heterocycles. The molecule has 5 heteroatoms. The van der Waals surface area contributed by atoms with Crippen LogP contribution >= 0.6 is 11.6 Å². The number of carbonyl (C=O) groups is 1. The van der Waals surface area contributed by atoms with Gasteiger partial charge in [0.25, 0.3) is 0 Å². The second-order valence-corrected chi connectivity index (χ2v) is 4.62. The van der Waals surface area contributed by atoms with Crippen LogP contribution in [0.3, 0.4) is 0 Å². The third-order valence-electron chi connectivity index (χ3n) is 2.48. The van der Waals surface area contributed by atoms with Crippen LogP contribution in [-0.4, -0.2) is 28.8 Å². The van der Waals surface area contributed by atoms with E-state index < -0.39 is 12.1 Å². The lowest BCUT2D eigenvalue weighted by molar-refractivity contribution is 0.0697. The zero-order valence-corrected chi connectivity index (χ0v) is 10.5. The van der Waals surface area contributed by atoms with Crippen LogP contribution < -0.4 is 5.32 Å². The fourth-order valence-corrected chi connectivity index (χ4v) is 1.47. The smallest absolute Gasteiger partial charge is 0.337 e. The Balaban J connectivity index is 2.80. The van der Waals surface area contributed by atoms with Gasteiger partial charge in [-0.1, -0.05) is 25.4 Å². The summed E-state index contributed by atoms with van der Waals surface area (Å²) in [5.74, 6) is -0.933. The molecule has 0 amide bonds. The summed E-state index contributed by atoms with van der Waals surface area (Å²) in [5.41, 5.74) is 0.565. The molecule has 1 aromatic rings. The second-order valence-electron chi connectivity index (χ2n) is 4.19. The minimum Gasteiger partial charge on any atom is -0.478 e. The van der Waals surface area contributed by atoms with Crippen LogP contribution in [0.25, 0.3) is 0 Å². The van der Waals surface area contributed by atoms with Crippen molar-refractivity contribution < 1.29 is 15.0 Å². The maximum Gasteiger partial charge on any atom is 0.337 e. The predicted molar refractivity (Wildman–Crippen MR) is 67.7 cm³/mol. The molecule has 0 spiro atoms. The van der Waals surface area contributed by atoms with E-state index in [2.05, 4.69) is 5.32 Å². The van der Waals surface area contributed by atoms with E-state index >= 15 is 0 Å². The molecule has 4 nitrogen and oxygen atoms in total. The quantitative estimate of drug-likeness (QED) is 0.758. The molecule has 1 aromatic carbocycles. The van der Waals surface area contributed by atoms with Crippen molar-refractivity contribution in [3.63, 3.8) is 0 Å². The highest BCUT2D eigenvalue weighted by molar-refractivity contribution is 6.31. The molecule has 0 aliphatic rings. The maximum absolute atomic E-state index is 11.0. The number of aliphatic hydroxyl groups is 1. The zero-order valence-electron chi connectivity index (χ0n) is 9.77. The van der Waals surface area contributed by atoms with Crippen LogP contribution in [0.15, 0.2) is 18.2 Å². The molecule has 1 unspecified atom stereocenters. The summed E-state index contributed by atoms with van der Waals surface area (Å²) in [6.45, 7) is 4.10. The topological polar surface area (TPSA) is 69.6 Å². The summed E-state index contributed by atoms with van der Waals surface area (Å²) < 4.78 is 0. The number of aromatic carboxylic acids is 1. The van der Waals surface area contributed by atoms with E-state index in [0.717, 1.165) is 0 Å². The van der Waals surface area contributed by atoms with Crippen LogP contribution in [-0.2, 0) is 0 Å². The molecule has 0 bridgehead atoms. The van der Waals surface area contributed by atoms with E-state index in [9.17, 15) is 9.90 Å². The summed E-state index contributed by atoms with van der Waals surface area (Å²) in [6, 6.07) is 4.59. The third kappa shape index (κ3) is 3.91. The van der Waals surface area contributed by atoms with Crippen molar-refractivity contribution in [2.75, 3.05) is 11.9 Å². The highest BCUT2D eigenvalue weighted by atomic mass is 35.5. The molecule has 17 heavy (non-hydrogen) atoms. The van der Waals surface area contributed by atoms with E-state index in [0.29, 0.717) is 17.3 Å². The number of anilines is 1. The number of nitrogens with one attached hydrogen (secondary N) is 1. The van der Waals surface area contributed by atoms with Gasteiger partial charge in [0.05, 0.1) is 11.7 Å². The highest BCUT2D eigenvalue weighted by Gasteiger charge is 2.13. The molecule has 0 heterocycles. The number of carboxylic acid groups (broad SMARTS) is 1. The summed E-state index contributed by atoms with van der Waals surface area (Å²) in [7, 11) is 0. The van der Waals surface area contributed by atoms with Gasteiger partial charge in [0, 0.05) is 17.3 Å². The van der Waals surface area contributed by atoms with Gasteiger partial charge < -0.3 is 15.5 Å². The van der Waals surface area contributed by atoms with Gasteiger partial charge in [-0.25, -0.2) is 4.79 Å². The lowest BCUT2D eigenvalue weighted by Gasteiger charge is -2.17. The largest absolute Gasteiger partial charge is 0.478 e. The first-order chi connectivity index (χ1) is 7.91. The van der Waals surface area contributed by atoms with E-state index in [-0.39, 0.29) is 11.5 Å². The van der Waals surface area contributed by atoms with E-state index in [1.807, 2.05) is 13.8 Å². The van der Waals surface area contributed by atoms with Crippen molar-refractivity contribution in [3.05, 3.63) is 28.8 Å². The first kappa shape index (κ1) is 13.8. The SMILES string of the molecule is CC(C)C(O)CNc1ccc(Cl)cc1C(=O)O. The molecule has 0 fully saturated rings. The summed E-state index contributed by atoms with van der Waals surface area (Å²) in [5, 5.41) is 21.9. The van der Waals surface area contributed by atoms with Gasteiger partial charge in [0.2, 0.25) is 0 Å². The Labute approximate surface area is 105 Å². The first-order valence-corrected chi connectivity index (χ1v) is 5.74. The van der Waals surface area contributed by atoms with Gasteiger partial charge in [-0.3, -0.25) is 0 Å². The Kier molecular flexibility index (Phi) is 4.78. The number of carboxylic acids is 1. The van der Waals surface area contributed by atoms with E-state index in [1.165, 1.54) is 6.07 Å². The summed E-state index contributed by atoms with van der Waals surface area (Å²) in [4.78, 5) is 11.0. The van der Waals surface area contributed by atoms with Crippen LogP contribution in [0.4, 0.5) is 5.69 Å². The number of benzene rings is 1. The number of hydrogen-bond donors (Lipinski definition) is 3. The fourth-order valence-electron chi connectivity index (χ4n) is 1.30. The van der Waals surface area contributed by atoms with Crippen molar-refractivity contribution in [2.45, 2.75) is 20.0 Å². The van der Waals surface area contributed by atoms with Crippen LogP contribution in [0.2, 0.25) is 5.02 Å². The lowest BCUT2D eigenvalue weighted by Crippen LogP contribution is -2.25. The van der Waals surface area contributed by atoms with E-state index in [1.54, 1.807) is 12.1 Å². The average molecular weight is 258 g/mol. The summed E-state index contributed by atoms with van der Waals surface area (Å²) in [6.07, 6.45) is -0.521. The highest BCUT2D eigenvalue weighted by Crippen LogP contribution is 2.21. The Morgan fingerprint density at radius 1 is 1.47 bits per heavy atom. The second kappa shape index (κ2) is 5.89. The number of aliphatic hydroxyl groups excluding tert-OH is 1. The molecule has 0 radical (unpaired) electrons. The molecular formula is C12H16ClNO3. The zero-order chi connectivity index (χ0) is 13.0. The normalized spacial score (nSPS) is 12.5. The van der Waals surface area contributed by atoms with Gasteiger partial charge in [-0.05, 0) is 24.1 Å². The molecule has 1 atom stereocenters. The van der Waals surface area contributed by atoms with Gasteiger partial charge >= 0.3 is 5.97 Å². The molecule has 0 aliphatic heterocycles. The van der Waals surface area contributed by atoms with Crippen LogP contribution in [0, 0.1) is 5.92 Å². The molecule has 94 valence electrons. The van der Waals surface area contributed by atoms with Crippen molar-refractivity contribution in [3.8, 4) is 0 Å². The lowest BCUT2D eigenvalue weighted by atomic mass is 10.1. The Morgan fingerprint density at radius 3 is 2.65 bits per heavy atom. The van der Waals surface area contributed by atoms with Gasteiger partial charge in [-0.2, -0.15) is 0 Å². The molecule has 0 aliphatic carbocycles. The number of hydrogen-bond acceptors (Lipinski definition) is 3. The van der Waals surface area contributed by atoms with Gasteiger partial charge in [0.1, 0.15) is 0 Å². The van der Waals surface area contributed by atoms with Crippen molar-refractivity contribution in [2.24, 2.45) is 5.92 Å². The summed E-state index contributed by atoms with van der Waals surface area (Å²) >= 11 is 5.73. The number of rotatable bonds is 5. The van der Waals surface area contributed by atoms with Crippen molar-refractivity contribution in [1.29, 1.82) is 0 Å². The molecule has 0 aromatic heterocycles. The minimum absolute atomic E-state index is 0.105. The Bertz CT molecular complexity index is 407. The number of halogens is 1. The van der Waals surface area contributed by atoms with E-state index in [4.69, 9.17) is 16.7 Å². The van der Waals surface area contributed by atoms with Crippen molar-refractivity contribution in [1.82, 2.24) is 0 Å². The van der Waals surface area contributed by atoms with Crippen LogP contribution in [0.1, 0.15) is 24.2 Å². The fraction of sp³-hybridized carbons (Fsp3) is 0.417. The Morgan fingerprint density at radius 2 is 2.12 bits per heavy atom. The van der Waals surface area contributed by atoms with Crippen LogP contribution in [0.5, 0.6) is 0 Å². The Hall–Kier alpha value is -1.26. The van der Waals surface area contributed by atoms with Crippen molar-refractivity contribution >= 4 is 23.3 Å². The minimum atomic E-state index is -1.05. The molecule has 0 saturated carbocycles. The van der Waals surface area contributed by atoms with Gasteiger partial charge in [0.15, 0.2) is 0 Å². The predicted octanol–water partition coefficient (Wildman–Crippen LogP) is 2.47. The monoisotopic (exact) mass is 257 g/mol. The van der Waals surface area contributed by atoms with Gasteiger partial charge in [-0.15, -0.1) is 0 Å². The molecule has 1 rings (SSSR count). The standard InChI is InChI=1S/C12H16ClNO3/c1-7(2)11(15)6-14-10-4-3-8(13)5-9(10)12(16)17/h3-5,7,11,14-15H,6H2,1-2H3,(H,16,17). The third-order valence-corrected chi connectivity index (χ3v) is 2.72. The maximum atomic E-state index is 11.0. The molecule has 3 N–H and O–H groups in total. The molecular weight excluding hydrogens is 242 g/mol. The first-order valence-electron chi connectivity index (χ1n) is 5.36.